The maximum Gasteiger partial charge on any atom is 0.220 e. The van der Waals surface area contributed by atoms with Crippen LogP contribution in [0.25, 0.3) is 0 Å². The van der Waals surface area contributed by atoms with E-state index in [1.165, 1.54) is 4.90 Å². The summed E-state index contributed by atoms with van der Waals surface area (Å²) in [5, 5.41) is 13.3. The molecule has 1 heterocycles. The molecule has 1 unspecified atom stereocenters. The van der Waals surface area contributed by atoms with Gasteiger partial charge in [-0.15, -0.1) is 0 Å². The Morgan fingerprint density at radius 2 is 2.00 bits per heavy atom. The molecule has 0 aromatic heterocycles. The zero-order valence-corrected chi connectivity index (χ0v) is 17.5. The van der Waals surface area contributed by atoms with Gasteiger partial charge in [0.1, 0.15) is 18.0 Å². The molecule has 1 saturated heterocycles. The number of amides is 1. The molecule has 0 bridgehead atoms. The van der Waals surface area contributed by atoms with Gasteiger partial charge in [0.25, 0.3) is 0 Å². The number of methoxy groups -OCH3 is 1. The van der Waals surface area contributed by atoms with E-state index in [4.69, 9.17) is 4.74 Å². The second-order valence-electron chi connectivity index (χ2n) is 8.06. The molecule has 0 spiro atoms. The van der Waals surface area contributed by atoms with Gasteiger partial charge in [0, 0.05) is 36.9 Å². The quantitative estimate of drug-likeness (QED) is 0.641. The third-order valence-electron chi connectivity index (χ3n) is 6.12. The van der Waals surface area contributed by atoms with Gasteiger partial charge in [-0.2, -0.15) is 0 Å². The fourth-order valence-electron chi connectivity index (χ4n) is 4.37. The molecule has 2 aromatic carbocycles. The van der Waals surface area contributed by atoms with Crippen molar-refractivity contribution in [3.63, 3.8) is 0 Å². The van der Waals surface area contributed by atoms with Crippen molar-refractivity contribution in [1.29, 1.82) is 0 Å². The highest BCUT2D eigenvalue weighted by Crippen LogP contribution is 2.26. The minimum Gasteiger partial charge on any atom is -0.507 e. The van der Waals surface area contributed by atoms with Crippen LogP contribution in [0.5, 0.6) is 11.5 Å². The van der Waals surface area contributed by atoms with Crippen LogP contribution in [0.15, 0.2) is 48.5 Å². The van der Waals surface area contributed by atoms with Crippen molar-refractivity contribution < 1.29 is 19.5 Å². The molecule has 5 heteroatoms. The second kappa shape index (κ2) is 10.3. The molecular formula is C24H33N2O3+. The number of carbonyl (C=O) groups excluding carboxylic acids is 1. The van der Waals surface area contributed by atoms with Gasteiger partial charge in [0.05, 0.1) is 20.2 Å². The second-order valence-corrected chi connectivity index (χ2v) is 8.06. The number of hydrogen-bond acceptors (Lipinski definition) is 3. The number of phenolic OH excluding ortho intramolecular Hbond substituents is 1. The number of benzene rings is 2. The van der Waals surface area contributed by atoms with Crippen LogP contribution in [0.2, 0.25) is 0 Å². The van der Waals surface area contributed by atoms with E-state index in [0.717, 1.165) is 43.6 Å². The first kappa shape index (κ1) is 21.2. The van der Waals surface area contributed by atoms with E-state index in [9.17, 15) is 9.90 Å². The van der Waals surface area contributed by atoms with Crippen molar-refractivity contribution in [2.45, 2.75) is 39.3 Å². The fourth-order valence-corrected chi connectivity index (χ4v) is 4.37. The lowest BCUT2D eigenvalue weighted by molar-refractivity contribution is -0.923. The van der Waals surface area contributed by atoms with Crippen LogP contribution < -0.4 is 15.0 Å². The molecule has 5 nitrogen and oxygen atoms in total. The van der Waals surface area contributed by atoms with Crippen LogP contribution in [0.3, 0.4) is 0 Å². The number of ether oxygens (including phenoxy) is 1. The van der Waals surface area contributed by atoms with E-state index in [-0.39, 0.29) is 5.91 Å². The van der Waals surface area contributed by atoms with E-state index in [1.54, 1.807) is 13.2 Å². The van der Waals surface area contributed by atoms with Crippen molar-refractivity contribution in [1.82, 2.24) is 5.32 Å². The Morgan fingerprint density at radius 1 is 1.21 bits per heavy atom. The number of phenols is 1. The Labute approximate surface area is 173 Å². The molecule has 156 valence electrons. The Bertz CT molecular complexity index is 794. The first-order valence-electron chi connectivity index (χ1n) is 10.6. The molecule has 3 N–H and O–H groups in total. The van der Waals surface area contributed by atoms with Gasteiger partial charge in [0.2, 0.25) is 5.91 Å². The van der Waals surface area contributed by atoms with Crippen LogP contribution in [0.1, 0.15) is 37.3 Å². The highest BCUT2D eigenvalue weighted by Gasteiger charge is 2.32. The molecule has 1 amide bonds. The predicted octanol–water partition coefficient (Wildman–Crippen LogP) is 2.54. The molecule has 3 atom stereocenters. The molecule has 0 saturated carbocycles. The fraction of sp³-hybridized carbons (Fsp3) is 0.458. The number of hydrogen-bond donors (Lipinski definition) is 3. The summed E-state index contributed by atoms with van der Waals surface area (Å²) in [6, 6.07) is 15.6. The van der Waals surface area contributed by atoms with E-state index in [2.05, 4.69) is 12.2 Å². The number of aromatic hydroxyl groups is 1. The summed E-state index contributed by atoms with van der Waals surface area (Å²) in [5.74, 6) is 2.08. The van der Waals surface area contributed by atoms with Gasteiger partial charge < -0.3 is 20.1 Å². The molecule has 2 aromatic rings. The summed E-state index contributed by atoms with van der Waals surface area (Å²) in [6.45, 7) is 5.68. The van der Waals surface area contributed by atoms with Crippen molar-refractivity contribution in [3.05, 3.63) is 59.7 Å². The normalized spacial score (nSPS) is 21.5. The smallest absolute Gasteiger partial charge is 0.220 e. The van der Waals surface area contributed by atoms with Gasteiger partial charge in [0.15, 0.2) is 0 Å². The zero-order chi connectivity index (χ0) is 20.6. The molecule has 0 radical (unpaired) electrons. The first-order valence-corrected chi connectivity index (χ1v) is 10.6. The summed E-state index contributed by atoms with van der Waals surface area (Å²) < 4.78 is 5.17. The van der Waals surface area contributed by atoms with Gasteiger partial charge in [-0.3, -0.25) is 4.79 Å². The van der Waals surface area contributed by atoms with Crippen LogP contribution in [-0.4, -0.2) is 31.2 Å². The maximum absolute atomic E-state index is 12.5. The Morgan fingerprint density at radius 3 is 2.69 bits per heavy atom. The highest BCUT2D eigenvalue weighted by molar-refractivity contribution is 5.76. The summed E-state index contributed by atoms with van der Waals surface area (Å²) in [7, 11) is 1.60. The van der Waals surface area contributed by atoms with Crippen LogP contribution >= 0.6 is 0 Å². The van der Waals surface area contributed by atoms with E-state index in [1.807, 2.05) is 42.5 Å². The van der Waals surface area contributed by atoms with Gasteiger partial charge in [-0.05, 0) is 30.0 Å². The minimum atomic E-state index is 0.147. The molecule has 1 fully saturated rings. The molecule has 1 aliphatic heterocycles. The summed E-state index contributed by atoms with van der Waals surface area (Å²) in [5.41, 5.74) is 2.08. The predicted molar refractivity (Wildman–Crippen MR) is 114 cm³/mol. The standard InChI is InChI=1S/C24H32N2O3/c1-3-19-16-26(17-21-9-10-22(29-2)14-23(21)27)12-11-20(19)13-24(28)25-15-18-7-5-4-6-8-18/h4-10,14,19-20,27H,3,11-13,15-17H2,1-2H3,(H,25,28)/p+1/t19-,20-/m0/s1. The minimum absolute atomic E-state index is 0.147. The Kier molecular flexibility index (Phi) is 7.53. The molecule has 1 aliphatic rings. The van der Waals surface area contributed by atoms with Crippen molar-refractivity contribution >= 4 is 5.91 Å². The average molecular weight is 398 g/mol. The van der Waals surface area contributed by atoms with Crippen molar-refractivity contribution in [2.75, 3.05) is 20.2 Å². The molecular weight excluding hydrogens is 364 g/mol. The zero-order valence-electron chi connectivity index (χ0n) is 17.5. The highest BCUT2D eigenvalue weighted by atomic mass is 16.5. The summed E-state index contributed by atoms with van der Waals surface area (Å²) >= 11 is 0. The topological polar surface area (TPSA) is 63.0 Å². The Balaban J connectivity index is 1.50. The van der Waals surface area contributed by atoms with E-state index < -0.39 is 0 Å². The largest absolute Gasteiger partial charge is 0.507 e. The van der Waals surface area contributed by atoms with Gasteiger partial charge >= 0.3 is 0 Å². The number of piperidine rings is 1. The average Bonchev–Trinajstić information content (AvgIpc) is 2.75. The summed E-state index contributed by atoms with van der Waals surface area (Å²) in [4.78, 5) is 13.9. The molecule has 3 rings (SSSR count). The Hall–Kier alpha value is -2.53. The van der Waals surface area contributed by atoms with Gasteiger partial charge in [-0.25, -0.2) is 0 Å². The van der Waals surface area contributed by atoms with E-state index in [0.29, 0.717) is 36.3 Å². The maximum atomic E-state index is 12.5. The first-order chi connectivity index (χ1) is 14.1. The van der Waals surface area contributed by atoms with E-state index >= 15 is 0 Å². The third-order valence-corrected chi connectivity index (χ3v) is 6.12. The van der Waals surface area contributed by atoms with Crippen LogP contribution in [0, 0.1) is 11.8 Å². The lowest BCUT2D eigenvalue weighted by atomic mass is 9.81. The monoisotopic (exact) mass is 397 g/mol. The van der Waals surface area contributed by atoms with Crippen LogP contribution in [-0.2, 0) is 17.9 Å². The number of rotatable bonds is 8. The summed E-state index contributed by atoms with van der Waals surface area (Å²) in [6.07, 6.45) is 2.73. The lowest BCUT2D eigenvalue weighted by Gasteiger charge is -2.35. The number of likely N-dealkylation sites (tertiary alicyclic amines) is 1. The SMILES string of the molecule is CC[C@H]1C[NH+](Cc2ccc(OC)cc2O)CC[C@H]1CC(=O)NCc1ccccc1. The molecule has 0 aliphatic carbocycles. The van der Waals surface area contributed by atoms with Crippen molar-refractivity contribution in [3.8, 4) is 11.5 Å². The lowest BCUT2D eigenvalue weighted by Crippen LogP contribution is -3.12. The number of quaternary nitrogens is 1. The number of carbonyl (C=O) groups is 1. The third kappa shape index (κ3) is 5.97. The molecule has 29 heavy (non-hydrogen) atoms. The van der Waals surface area contributed by atoms with Crippen molar-refractivity contribution in [2.24, 2.45) is 11.8 Å². The number of nitrogens with one attached hydrogen (secondary N) is 2. The van der Waals surface area contributed by atoms with Crippen LogP contribution in [0.4, 0.5) is 0 Å². The van der Waals surface area contributed by atoms with Gasteiger partial charge in [-0.1, -0.05) is 37.3 Å².